The van der Waals surface area contributed by atoms with Gasteiger partial charge in [-0.3, -0.25) is 0 Å². The highest BCUT2D eigenvalue weighted by Crippen LogP contribution is 2.36. The first-order valence-electron chi connectivity index (χ1n) is 5.18. The summed E-state index contributed by atoms with van der Waals surface area (Å²) in [6.07, 6.45) is 2.67. The number of rotatable bonds is 2. The number of hydrogen-bond acceptors (Lipinski definition) is 1. The second-order valence-electron chi connectivity index (χ2n) is 4.62. The van der Waals surface area contributed by atoms with E-state index in [0.717, 1.165) is 12.5 Å². The molecule has 1 saturated heterocycles. The Morgan fingerprint density at radius 1 is 1.38 bits per heavy atom. The van der Waals surface area contributed by atoms with Crippen LogP contribution in [0.15, 0.2) is 0 Å². The van der Waals surface area contributed by atoms with E-state index in [9.17, 15) is 8.78 Å². The molecule has 0 aromatic rings. The highest BCUT2D eigenvalue weighted by atomic mass is 19.3. The molecule has 3 heteroatoms. The van der Waals surface area contributed by atoms with Gasteiger partial charge in [-0.15, -0.1) is 0 Å². The lowest BCUT2D eigenvalue weighted by Gasteiger charge is -2.36. The summed E-state index contributed by atoms with van der Waals surface area (Å²) >= 11 is 0. The molecular formula is C10H17F2N. The van der Waals surface area contributed by atoms with Crippen LogP contribution in [0.1, 0.15) is 26.2 Å². The standard InChI is InChI=1S/C10H17F2N/c1-8-6-13(7-9-2-3-9)5-4-10(8,11)12/h8-9H,2-7H2,1H3. The maximum Gasteiger partial charge on any atom is 0.253 e. The van der Waals surface area contributed by atoms with Crippen molar-refractivity contribution in [3.05, 3.63) is 0 Å². The lowest BCUT2D eigenvalue weighted by molar-refractivity contribution is -0.0993. The second kappa shape index (κ2) is 3.19. The Bertz CT molecular complexity index is 189. The van der Waals surface area contributed by atoms with E-state index in [1.165, 1.54) is 12.8 Å². The SMILES string of the molecule is CC1CN(CC2CC2)CCC1(F)F. The average Bonchev–Trinajstić information content (AvgIpc) is 2.82. The third kappa shape index (κ3) is 2.19. The predicted molar refractivity (Wildman–Crippen MR) is 47.9 cm³/mol. The third-order valence-corrected chi connectivity index (χ3v) is 3.23. The summed E-state index contributed by atoms with van der Waals surface area (Å²) in [5.41, 5.74) is 0. The minimum absolute atomic E-state index is 0.0564. The molecule has 13 heavy (non-hydrogen) atoms. The van der Waals surface area contributed by atoms with Gasteiger partial charge >= 0.3 is 0 Å². The van der Waals surface area contributed by atoms with Crippen molar-refractivity contribution >= 4 is 0 Å². The van der Waals surface area contributed by atoms with Gasteiger partial charge in [0, 0.05) is 32.0 Å². The number of hydrogen-bond donors (Lipinski definition) is 0. The quantitative estimate of drug-likeness (QED) is 0.644. The van der Waals surface area contributed by atoms with Gasteiger partial charge in [-0.1, -0.05) is 6.92 Å². The van der Waals surface area contributed by atoms with E-state index >= 15 is 0 Å². The second-order valence-corrected chi connectivity index (χ2v) is 4.62. The molecule has 0 radical (unpaired) electrons. The van der Waals surface area contributed by atoms with Crippen LogP contribution in [0.2, 0.25) is 0 Å². The lowest BCUT2D eigenvalue weighted by Crippen LogP contribution is -2.46. The molecule has 1 heterocycles. The minimum Gasteiger partial charge on any atom is -0.302 e. The molecule has 0 bridgehead atoms. The lowest BCUT2D eigenvalue weighted by atomic mass is 9.95. The molecule has 0 amide bonds. The zero-order valence-electron chi connectivity index (χ0n) is 8.10. The zero-order chi connectivity index (χ0) is 9.47. The van der Waals surface area contributed by atoms with Crippen LogP contribution in [-0.2, 0) is 0 Å². The number of nitrogens with zero attached hydrogens (tertiary/aromatic N) is 1. The van der Waals surface area contributed by atoms with Gasteiger partial charge in [0.15, 0.2) is 0 Å². The van der Waals surface area contributed by atoms with Crippen molar-refractivity contribution in [3.63, 3.8) is 0 Å². The summed E-state index contributed by atoms with van der Waals surface area (Å²) in [6.45, 7) is 3.90. The van der Waals surface area contributed by atoms with Gasteiger partial charge in [0.05, 0.1) is 0 Å². The van der Waals surface area contributed by atoms with Crippen molar-refractivity contribution in [2.75, 3.05) is 19.6 Å². The van der Waals surface area contributed by atoms with Crippen LogP contribution in [0.5, 0.6) is 0 Å². The van der Waals surface area contributed by atoms with E-state index in [-0.39, 0.29) is 6.42 Å². The Balaban J connectivity index is 1.83. The van der Waals surface area contributed by atoms with Gasteiger partial charge in [0.1, 0.15) is 0 Å². The van der Waals surface area contributed by atoms with Crippen LogP contribution < -0.4 is 0 Å². The van der Waals surface area contributed by atoms with Crippen LogP contribution in [0.3, 0.4) is 0 Å². The van der Waals surface area contributed by atoms with Crippen LogP contribution in [-0.4, -0.2) is 30.5 Å². The Kier molecular flexibility index (Phi) is 2.30. The Morgan fingerprint density at radius 2 is 2.08 bits per heavy atom. The van der Waals surface area contributed by atoms with Gasteiger partial charge in [-0.2, -0.15) is 0 Å². The highest BCUT2D eigenvalue weighted by Gasteiger charge is 2.41. The van der Waals surface area contributed by atoms with Gasteiger partial charge in [-0.25, -0.2) is 8.78 Å². The molecule has 1 unspecified atom stereocenters. The number of halogens is 2. The monoisotopic (exact) mass is 189 g/mol. The molecular weight excluding hydrogens is 172 g/mol. The molecule has 0 N–H and O–H groups in total. The maximum absolute atomic E-state index is 13.1. The van der Waals surface area contributed by atoms with E-state index in [2.05, 4.69) is 4.90 Å². The first kappa shape index (κ1) is 9.38. The molecule has 1 atom stereocenters. The van der Waals surface area contributed by atoms with Crippen molar-refractivity contribution < 1.29 is 8.78 Å². The summed E-state index contributed by atoms with van der Waals surface area (Å²) in [6, 6.07) is 0. The summed E-state index contributed by atoms with van der Waals surface area (Å²) in [4.78, 5) is 2.21. The van der Waals surface area contributed by atoms with E-state index < -0.39 is 11.8 Å². The molecule has 2 fully saturated rings. The van der Waals surface area contributed by atoms with E-state index in [4.69, 9.17) is 0 Å². The largest absolute Gasteiger partial charge is 0.302 e. The Labute approximate surface area is 78.1 Å². The van der Waals surface area contributed by atoms with Gasteiger partial charge in [0.2, 0.25) is 0 Å². The van der Waals surface area contributed by atoms with Crippen molar-refractivity contribution in [1.82, 2.24) is 4.90 Å². The average molecular weight is 189 g/mol. The van der Waals surface area contributed by atoms with Crippen LogP contribution in [0.25, 0.3) is 0 Å². The first-order valence-corrected chi connectivity index (χ1v) is 5.18. The van der Waals surface area contributed by atoms with E-state index in [1.54, 1.807) is 6.92 Å². The molecule has 2 aliphatic rings. The molecule has 1 nitrogen and oxygen atoms in total. The predicted octanol–water partition coefficient (Wildman–Crippen LogP) is 2.37. The summed E-state index contributed by atoms with van der Waals surface area (Å²) < 4.78 is 26.2. The van der Waals surface area contributed by atoms with Gasteiger partial charge in [-0.05, 0) is 18.8 Å². The molecule has 0 spiro atoms. The third-order valence-electron chi connectivity index (χ3n) is 3.23. The smallest absolute Gasteiger partial charge is 0.253 e. The fraction of sp³-hybridized carbons (Fsp3) is 1.00. The normalized spacial score (nSPS) is 34.8. The number of likely N-dealkylation sites (tertiary alicyclic amines) is 1. The molecule has 76 valence electrons. The fourth-order valence-corrected chi connectivity index (χ4v) is 2.00. The Morgan fingerprint density at radius 3 is 2.62 bits per heavy atom. The van der Waals surface area contributed by atoms with Crippen LogP contribution in [0.4, 0.5) is 8.78 Å². The van der Waals surface area contributed by atoms with Crippen molar-refractivity contribution in [1.29, 1.82) is 0 Å². The molecule has 0 aromatic carbocycles. The molecule has 1 aliphatic heterocycles. The minimum atomic E-state index is -2.42. The molecule has 2 rings (SSSR count). The number of alkyl halides is 2. The summed E-state index contributed by atoms with van der Waals surface area (Å²) in [5, 5.41) is 0. The van der Waals surface area contributed by atoms with Crippen molar-refractivity contribution in [2.45, 2.75) is 32.1 Å². The first-order chi connectivity index (χ1) is 6.08. The molecule has 1 saturated carbocycles. The van der Waals surface area contributed by atoms with E-state index in [1.807, 2.05) is 0 Å². The van der Waals surface area contributed by atoms with Crippen molar-refractivity contribution in [2.24, 2.45) is 11.8 Å². The summed E-state index contributed by atoms with van der Waals surface area (Å²) in [7, 11) is 0. The Hall–Kier alpha value is -0.180. The zero-order valence-corrected chi connectivity index (χ0v) is 8.10. The molecule has 0 aromatic heterocycles. The van der Waals surface area contributed by atoms with Crippen LogP contribution in [0, 0.1) is 11.8 Å². The fourth-order valence-electron chi connectivity index (χ4n) is 2.00. The molecule has 1 aliphatic carbocycles. The topological polar surface area (TPSA) is 3.24 Å². The highest BCUT2D eigenvalue weighted by molar-refractivity contribution is 4.86. The van der Waals surface area contributed by atoms with E-state index in [0.29, 0.717) is 13.1 Å². The maximum atomic E-state index is 13.1. The van der Waals surface area contributed by atoms with Gasteiger partial charge < -0.3 is 4.90 Å². The van der Waals surface area contributed by atoms with Crippen LogP contribution >= 0.6 is 0 Å². The number of piperidine rings is 1. The van der Waals surface area contributed by atoms with Crippen molar-refractivity contribution in [3.8, 4) is 0 Å². The van der Waals surface area contributed by atoms with Gasteiger partial charge in [0.25, 0.3) is 5.92 Å². The summed E-state index contributed by atoms with van der Waals surface area (Å²) in [5.74, 6) is -2.06.